The minimum absolute atomic E-state index is 0.776. The van der Waals surface area contributed by atoms with Crippen LogP contribution in [0.3, 0.4) is 0 Å². The first kappa shape index (κ1) is 13.1. The Bertz CT molecular complexity index is 627. The molecular weight excluding hydrogens is 256 g/mol. The summed E-state index contributed by atoms with van der Waals surface area (Å²) in [5.41, 5.74) is 7.13. The standard InChI is InChI=1S/C19H22N2/c1-2-16-13-20-11-10-19(16)18(3-1)15-6-4-14(5-7-15)12-21-17-8-9-17/h1-7,17,20-21H,8-13H2. The topological polar surface area (TPSA) is 24.1 Å². The maximum Gasteiger partial charge on any atom is 0.0208 e. The van der Waals surface area contributed by atoms with Crippen LogP contribution in [0.4, 0.5) is 0 Å². The molecule has 2 nitrogen and oxygen atoms in total. The first-order valence-electron chi connectivity index (χ1n) is 8.04. The van der Waals surface area contributed by atoms with E-state index in [0.29, 0.717) is 0 Å². The van der Waals surface area contributed by atoms with Gasteiger partial charge in [0.25, 0.3) is 0 Å². The largest absolute Gasteiger partial charge is 0.312 e. The monoisotopic (exact) mass is 278 g/mol. The summed E-state index contributed by atoms with van der Waals surface area (Å²) >= 11 is 0. The Morgan fingerprint density at radius 1 is 1.05 bits per heavy atom. The summed E-state index contributed by atoms with van der Waals surface area (Å²) in [7, 11) is 0. The molecule has 1 fully saturated rings. The molecule has 0 atom stereocenters. The number of benzene rings is 2. The zero-order valence-corrected chi connectivity index (χ0v) is 12.4. The van der Waals surface area contributed by atoms with Crippen molar-refractivity contribution in [2.75, 3.05) is 6.54 Å². The van der Waals surface area contributed by atoms with Gasteiger partial charge >= 0.3 is 0 Å². The van der Waals surface area contributed by atoms with Crippen LogP contribution in [0.15, 0.2) is 42.5 Å². The summed E-state index contributed by atoms with van der Waals surface area (Å²) in [6, 6.07) is 16.6. The lowest BCUT2D eigenvalue weighted by atomic mass is 9.91. The highest BCUT2D eigenvalue weighted by Crippen LogP contribution is 2.28. The van der Waals surface area contributed by atoms with Gasteiger partial charge in [0, 0.05) is 19.1 Å². The van der Waals surface area contributed by atoms with Gasteiger partial charge in [-0.25, -0.2) is 0 Å². The van der Waals surface area contributed by atoms with Crippen LogP contribution >= 0.6 is 0 Å². The van der Waals surface area contributed by atoms with E-state index in [1.165, 1.54) is 40.7 Å². The van der Waals surface area contributed by atoms with E-state index in [4.69, 9.17) is 0 Å². The summed E-state index contributed by atoms with van der Waals surface area (Å²) in [5.74, 6) is 0. The molecule has 0 radical (unpaired) electrons. The van der Waals surface area contributed by atoms with Gasteiger partial charge < -0.3 is 10.6 Å². The second kappa shape index (κ2) is 5.63. The molecule has 1 aliphatic heterocycles. The lowest BCUT2D eigenvalue weighted by Gasteiger charge is -2.20. The third-order valence-corrected chi connectivity index (χ3v) is 4.58. The van der Waals surface area contributed by atoms with E-state index >= 15 is 0 Å². The minimum Gasteiger partial charge on any atom is -0.312 e. The van der Waals surface area contributed by atoms with Gasteiger partial charge in [-0.15, -0.1) is 0 Å². The van der Waals surface area contributed by atoms with Crippen molar-refractivity contribution in [3.63, 3.8) is 0 Å². The number of rotatable bonds is 4. The van der Waals surface area contributed by atoms with Crippen LogP contribution < -0.4 is 10.6 Å². The first-order valence-corrected chi connectivity index (χ1v) is 8.04. The van der Waals surface area contributed by atoms with E-state index in [1.54, 1.807) is 0 Å². The fraction of sp³-hybridized carbons (Fsp3) is 0.368. The Labute approximate surface area is 126 Å². The van der Waals surface area contributed by atoms with Gasteiger partial charge in [-0.1, -0.05) is 42.5 Å². The molecule has 2 N–H and O–H groups in total. The maximum atomic E-state index is 3.57. The quantitative estimate of drug-likeness (QED) is 0.897. The zero-order valence-electron chi connectivity index (χ0n) is 12.4. The molecule has 4 rings (SSSR count). The molecule has 2 aromatic carbocycles. The summed E-state index contributed by atoms with van der Waals surface area (Å²) in [6.07, 6.45) is 3.83. The average Bonchev–Trinajstić information content (AvgIpc) is 3.37. The fourth-order valence-corrected chi connectivity index (χ4v) is 3.15. The van der Waals surface area contributed by atoms with Gasteiger partial charge in [0.15, 0.2) is 0 Å². The molecule has 0 unspecified atom stereocenters. The first-order chi connectivity index (χ1) is 10.4. The summed E-state index contributed by atoms with van der Waals surface area (Å²) in [6.45, 7) is 3.10. The van der Waals surface area contributed by atoms with E-state index in [0.717, 1.165) is 32.1 Å². The smallest absolute Gasteiger partial charge is 0.0208 e. The predicted molar refractivity (Wildman–Crippen MR) is 87.2 cm³/mol. The summed E-state index contributed by atoms with van der Waals surface area (Å²) in [5, 5.41) is 7.03. The van der Waals surface area contributed by atoms with Crippen LogP contribution in [0.2, 0.25) is 0 Å². The Morgan fingerprint density at radius 3 is 2.71 bits per heavy atom. The van der Waals surface area contributed by atoms with Crippen LogP contribution in [0.1, 0.15) is 29.5 Å². The molecule has 0 aromatic heterocycles. The SMILES string of the molecule is c1cc2c(c(-c3ccc(CNC4CC4)cc3)c1)CCNC2. The molecule has 108 valence electrons. The van der Waals surface area contributed by atoms with Crippen LogP contribution in [0.5, 0.6) is 0 Å². The van der Waals surface area contributed by atoms with Crippen molar-refractivity contribution in [3.8, 4) is 11.1 Å². The van der Waals surface area contributed by atoms with Gasteiger partial charge in [0.05, 0.1) is 0 Å². The highest BCUT2D eigenvalue weighted by molar-refractivity contribution is 5.69. The van der Waals surface area contributed by atoms with Crippen LogP contribution in [0, 0.1) is 0 Å². The van der Waals surface area contributed by atoms with Crippen molar-refractivity contribution in [2.45, 2.75) is 38.4 Å². The highest BCUT2D eigenvalue weighted by Gasteiger charge is 2.20. The molecule has 1 aliphatic carbocycles. The molecule has 2 aliphatic rings. The Morgan fingerprint density at radius 2 is 1.90 bits per heavy atom. The minimum atomic E-state index is 0.776. The Hall–Kier alpha value is -1.64. The summed E-state index contributed by atoms with van der Waals surface area (Å²) < 4.78 is 0. The predicted octanol–water partition coefficient (Wildman–Crippen LogP) is 3.25. The molecule has 0 saturated heterocycles. The Balaban J connectivity index is 1.58. The maximum absolute atomic E-state index is 3.57. The zero-order chi connectivity index (χ0) is 14.1. The third-order valence-electron chi connectivity index (χ3n) is 4.58. The molecule has 0 bridgehead atoms. The number of fused-ring (bicyclic) bond motifs is 1. The van der Waals surface area contributed by atoms with Crippen molar-refractivity contribution in [1.29, 1.82) is 0 Å². The van der Waals surface area contributed by atoms with Crippen molar-refractivity contribution < 1.29 is 0 Å². The third kappa shape index (κ3) is 2.87. The highest BCUT2D eigenvalue weighted by atomic mass is 14.9. The molecule has 2 aromatic rings. The lowest BCUT2D eigenvalue weighted by molar-refractivity contribution is 0.645. The average molecular weight is 278 g/mol. The van der Waals surface area contributed by atoms with E-state index < -0.39 is 0 Å². The van der Waals surface area contributed by atoms with Gasteiger partial charge in [0.1, 0.15) is 0 Å². The van der Waals surface area contributed by atoms with E-state index in [1.807, 2.05) is 0 Å². The lowest BCUT2D eigenvalue weighted by Crippen LogP contribution is -2.24. The van der Waals surface area contributed by atoms with Crippen LogP contribution in [0.25, 0.3) is 11.1 Å². The van der Waals surface area contributed by atoms with Crippen molar-refractivity contribution in [2.24, 2.45) is 0 Å². The number of nitrogens with one attached hydrogen (secondary N) is 2. The normalized spacial score (nSPS) is 17.5. The fourth-order valence-electron chi connectivity index (χ4n) is 3.15. The number of hydrogen-bond donors (Lipinski definition) is 2. The van der Waals surface area contributed by atoms with Gasteiger partial charge in [0.2, 0.25) is 0 Å². The van der Waals surface area contributed by atoms with E-state index in [2.05, 4.69) is 53.1 Å². The van der Waals surface area contributed by atoms with Gasteiger partial charge in [-0.05, 0) is 53.6 Å². The molecule has 1 heterocycles. The second-order valence-electron chi connectivity index (χ2n) is 6.22. The second-order valence-corrected chi connectivity index (χ2v) is 6.22. The Kier molecular flexibility index (Phi) is 3.50. The van der Waals surface area contributed by atoms with E-state index in [9.17, 15) is 0 Å². The van der Waals surface area contributed by atoms with Crippen molar-refractivity contribution >= 4 is 0 Å². The molecule has 1 saturated carbocycles. The van der Waals surface area contributed by atoms with Crippen LogP contribution in [-0.2, 0) is 19.5 Å². The van der Waals surface area contributed by atoms with Gasteiger partial charge in [-0.2, -0.15) is 0 Å². The van der Waals surface area contributed by atoms with E-state index in [-0.39, 0.29) is 0 Å². The summed E-state index contributed by atoms with van der Waals surface area (Å²) in [4.78, 5) is 0. The van der Waals surface area contributed by atoms with Crippen LogP contribution in [-0.4, -0.2) is 12.6 Å². The molecule has 0 amide bonds. The molecular formula is C19H22N2. The molecule has 0 spiro atoms. The number of hydrogen-bond acceptors (Lipinski definition) is 2. The molecule has 2 heteroatoms. The molecule has 21 heavy (non-hydrogen) atoms. The van der Waals surface area contributed by atoms with Crippen molar-refractivity contribution in [1.82, 2.24) is 10.6 Å². The van der Waals surface area contributed by atoms with Crippen molar-refractivity contribution in [3.05, 3.63) is 59.2 Å². The van der Waals surface area contributed by atoms with Gasteiger partial charge in [-0.3, -0.25) is 0 Å².